The van der Waals surface area contributed by atoms with Crippen molar-refractivity contribution in [3.63, 3.8) is 0 Å². The topological polar surface area (TPSA) is 97.2 Å². The first-order valence-corrected chi connectivity index (χ1v) is 10.3. The monoisotopic (exact) mass is 435 g/mol. The van der Waals surface area contributed by atoms with Crippen LogP contribution in [0.15, 0.2) is 53.8 Å². The number of pyridine rings is 1. The van der Waals surface area contributed by atoms with Crippen molar-refractivity contribution in [3.05, 3.63) is 87.6 Å². The Balaban J connectivity index is 1.76. The van der Waals surface area contributed by atoms with Crippen molar-refractivity contribution in [2.75, 3.05) is 6.54 Å². The fraction of sp³-hybridized carbons (Fsp3) is 0.261. The van der Waals surface area contributed by atoms with Gasteiger partial charge in [-0.3, -0.25) is 28.9 Å². The van der Waals surface area contributed by atoms with Gasteiger partial charge in [0.15, 0.2) is 0 Å². The Morgan fingerprint density at radius 3 is 2.66 bits per heavy atom. The van der Waals surface area contributed by atoms with Gasteiger partial charge in [-0.2, -0.15) is 0 Å². The second-order valence-electron chi connectivity index (χ2n) is 7.46. The number of rotatable bonds is 5. The zero-order valence-electron chi connectivity index (χ0n) is 17.5. The molecule has 3 aromatic rings. The van der Waals surface area contributed by atoms with Gasteiger partial charge in [0.05, 0.1) is 18.4 Å². The lowest BCUT2D eigenvalue weighted by Crippen LogP contribution is -2.41. The van der Waals surface area contributed by atoms with E-state index in [1.54, 1.807) is 18.0 Å². The fourth-order valence-corrected chi connectivity index (χ4v) is 3.80. The van der Waals surface area contributed by atoms with Gasteiger partial charge in [-0.05, 0) is 41.8 Å². The summed E-state index contributed by atoms with van der Waals surface area (Å²) >= 11 is 0. The lowest BCUT2D eigenvalue weighted by Gasteiger charge is -2.30. The lowest BCUT2D eigenvalue weighted by atomic mass is 9.95. The second kappa shape index (κ2) is 9.09. The van der Waals surface area contributed by atoms with Crippen LogP contribution in [0.4, 0.5) is 4.39 Å². The summed E-state index contributed by atoms with van der Waals surface area (Å²) in [6.07, 6.45) is 6.99. The molecule has 0 saturated heterocycles. The first-order valence-electron chi connectivity index (χ1n) is 10.3. The predicted molar refractivity (Wildman–Crippen MR) is 115 cm³/mol. The summed E-state index contributed by atoms with van der Waals surface area (Å²) in [6.45, 7) is 2.65. The van der Waals surface area contributed by atoms with Crippen molar-refractivity contribution in [2.24, 2.45) is 0 Å². The van der Waals surface area contributed by atoms with E-state index in [2.05, 4.69) is 15.3 Å². The Morgan fingerprint density at radius 1 is 1.19 bits per heavy atom. The smallest absolute Gasteiger partial charge is 0.268 e. The highest BCUT2D eigenvalue weighted by Gasteiger charge is 2.28. The van der Waals surface area contributed by atoms with Crippen LogP contribution in [0.25, 0.3) is 5.69 Å². The van der Waals surface area contributed by atoms with Crippen LogP contribution in [0, 0.1) is 5.82 Å². The highest BCUT2D eigenvalue weighted by Crippen LogP contribution is 2.23. The van der Waals surface area contributed by atoms with Gasteiger partial charge >= 0.3 is 0 Å². The highest BCUT2D eigenvalue weighted by molar-refractivity contribution is 5.96. The molecule has 0 saturated carbocycles. The summed E-state index contributed by atoms with van der Waals surface area (Å²) in [5.41, 5.74) is 1.86. The molecule has 0 bridgehead atoms. The Labute approximate surface area is 183 Å². The molecule has 0 radical (unpaired) electrons. The van der Waals surface area contributed by atoms with Gasteiger partial charge in [0, 0.05) is 43.8 Å². The standard InChI is InChI=1S/C23H22FN5O3/c1-2-20(30)28-10-7-19-15(13-28)14-29(18-5-3-16(24)4-6-18)23(32)21(19)22(31)27-12-17-11-25-8-9-26-17/h3-6,8-9,11,14H,2,7,10,12-13H2,1H3,(H,27,31). The minimum Gasteiger partial charge on any atom is -0.346 e. The van der Waals surface area contributed by atoms with E-state index in [1.807, 2.05) is 0 Å². The predicted octanol–water partition coefficient (Wildman–Crippen LogP) is 1.99. The number of hydrogen-bond donors (Lipinski definition) is 1. The van der Waals surface area contributed by atoms with E-state index in [4.69, 9.17) is 0 Å². The van der Waals surface area contributed by atoms with Crippen LogP contribution in [0.2, 0.25) is 0 Å². The molecule has 0 atom stereocenters. The summed E-state index contributed by atoms with van der Waals surface area (Å²) in [4.78, 5) is 48.5. The van der Waals surface area contributed by atoms with E-state index >= 15 is 0 Å². The lowest BCUT2D eigenvalue weighted by molar-refractivity contribution is -0.131. The number of carbonyl (C=O) groups excluding carboxylic acids is 2. The van der Waals surface area contributed by atoms with E-state index in [9.17, 15) is 18.8 Å². The molecule has 32 heavy (non-hydrogen) atoms. The summed E-state index contributed by atoms with van der Waals surface area (Å²) in [6, 6.07) is 5.45. The number of fused-ring (bicyclic) bond motifs is 1. The van der Waals surface area contributed by atoms with Crippen molar-refractivity contribution < 1.29 is 14.0 Å². The molecule has 4 rings (SSSR count). The van der Waals surface area contributed by atoms with E-state index in [-0.39, 0.29) is 18.0 Å². The number of hydrogen-bond acceptors (Lipinski definition) is 5. The highest BCUT2D eigenvalue weighted by atomic mass is 19.1. The maximum atomic E-state index is 13.4. The van der Waals surface area contributed by atoms with Crippen molar-refractivity contribution in [3.8, 4) is 5.69 Å². The van der Waals surface area contributed by atoms with Gasteiger partial charge in [0.2, 0.25) is 5.91 Å². The van der Waals surface area contributed by atoms with Gasteiger partial charge in [-0.1, -0.05) is 6.92 Å². The maximum absolute atomic E-state index is 13.4. The normalized spacial score (nSPS) is 12.9. The number of nitrogens with zero attached hydrogens (tertiary/aromatic N) is 4. The molecule has 8 nitrogen and oxygen atoms in total. The molecular formula is C23H22FN5O3. The molecule has 2 amide bonds. The molecule has 1 aliphatic rings. The first kappa shape index (κ1) is 21.4. The Hall–Kier alpha value is -3.88. The van der Waals surface area contributed by atoms with Gasteiger partial charge in [-0.25, -0.2) is 4.39 Å². The molecule has 2 aromatic heterocycles. The van der Waals surface area contributed by atoms with Crippen LogP contribution in [0.1, 0.15) is 40.5 Å². The van der Waals surface area contributed by atoms with E-state index in [0.717, 1.165) is 0 Å². The van der Waals surface area contributed by atoms with Crippen molar-refractivity contribution >= 4 is 11.8 Å². The van der Waals surface area contributed by atoms with Gasteiger partial charge in [0.25, 0.3) is 11.5 Å². The first-order chi connectivity index (χ1) is 15.5. The third kappa shape index (κ3) is 4.27. The quantitative estimate of drug-likeness (QED) is 0.661. The third-order valence-corrected chi connectivity index (χ3v) is 5.43. The van der Waals surface area contributed by atoms with Gasteiger partial charge < -0.3 is 10.2 Å². The summed E-state index contributed by atoms with van der Waals surface area (Å²) in [7, 11) is 0. The minimum absolute atomic E-state index is 0.00355. The Morgan fingerprint density at radius 2 is 1.97 bits per heavy atom. The van der Waals surface area contributed by atoms with Crippen molar-refractivity contribution in [1.29, 1.82) is 0 Å². The second-order valence-corrected chi connectivity index (χ2v) is 7.46. The molecule has 0 spiro atoms. The SMILES string of the molecule is CCC(=O)N1CCc2c(cn(-c3ccc(F)cc3)c(=O)c2C(=O)NCc2cnccn2)C1. The summed E-state index contributed by atoms with van der Waals surface area (Å²) in [5, 5.41) is 2.74. The average molecular weight is 435 g/mol. The van der Waals surface area contributed by atoms with Crippen LogP contribution in [-0.4, -0.2) is 37.8 Å². The number of aromatic nitrogens is 3. The van der Waals surface area contributed by atoms with E-state index < -0.39 is 17.3 Å². The van der Waals surface area contributed by atoms with Crippen LogP contribution >= 0.6 is 0 Å². The number of halogens is 1. The largest absolute Gasteiger partial charge is 0.346 e. The molecular weight excluding hydrogens is 413 g/mol. The Kier molecular flexibility index (Phi) is 6.07. The van der Waals surface area contributed by atoms with Gasteiger partial charge in [0.1, 0.15) is 11.4 Å². The number of nitrogens with one attached hydrogen (secondary N) is 1. The maximum Gasteiger partial charge on any atom is 0.268 e. The molecule has 0 fully saturated rings. The van der Waals surface area contributed by atoms with Crippen molar-refractivity contribution in [1.82, 2.24) is 24.8 Å². The molecule has 0 aliphatic carbocycles. The molecule has 164 valence electrons. The molecule has 1 aromatic carbocycles. The zero-order valence-corrected chi connectivity index (χ0v) is 17.5. The van der Waals surface area contributed by atoms with E-state index in [0.29, 0.717) is 48.4 Å². The van der Waals surface area contributed by atoms with Crippen LogP contribution in [-0.2, 0) is 24.3 Å². The van der Waals surface area contributed by atoms with Crippen molar-refractivity contribution in [2.45, 2.75) is 32.9 Å². The molecule has 3 heterocycles. The number of amides is 2. The number of carbonyl (C=O) groups is 2. The minimum atomic E-state index is -0.524. The zero-order chi connectivity index (χ0) is 22.7. The molecule has 1 aliphatic heterocycles. The third-order valence-electron chi connectivity index (χ3n) is 5.43. The Bertz CT molecular complexity index is 1210. The molecule has 1 N–H and O–H groups in total. The van der Waals surface area contributed by atoms with Crippen LogP contribution in [0.3, 0.4) is 0 Å². The van der Waals surface area contributed by atoms with Crippen LogP contribution in [0.5, 0.6) is 0 Å². The average Bonchev–Trinajstić information content (AvgIpc) is 2.82. The van der Waals surface area contributed by atoms with E-state index in [1.165, 1.54) is 47.4 Å². The summed E-state index contributed by atoms with van der Waals surface area (Å²) in [5.74, 6) is -0.950. The molecule has 0 unspecified atom stereocenters. The van der Waals surface area contributed by atoms with Gasteiger partial charge in [-0.15, -0.1) is 0 Å². The fourth-order valence-electron chi connectivity index (χ4n) is 3.80. The van der Waals surface area contributed by atoms with Crippen LogP contribution < -0.4 is 10.9 Å². The summed E-state index contributed by atoms with van der Waals surface area (Å²) < 4.78 is 14.7. The number of benzene rings is 1. The molecule has 9 heteroatoms.